The molecule has 4 aromatic heterocycles. The molecule has 0 radical (unpaired) electrons. The molecule has 0 spiro atoms. The lowest BCUT2D eigenvalue weighted by atomic mass is 9.85. The van der Waals surface area contributed by atoms with Gasteiger partial charge in [-0.15, -0.1) is 14.9 Å². The van der Waals surface area contributed by atoms with Crippen molar-refractivity contribution in [1.82, 2.24) is 40.2 Å². The van der Waals surface area contributed by atoms with Crippen LogP contribution in [0, 0.1) is 12.8 Å². The van der Waals surface area contributed by atoms with Gasteiger partial charge in [-0.3, -0.25) is 9.78 Å². The molecule has 1 atom stereocenters. The summed E-state index contributed by atoms with van der Waals surface area (Å²) in [5.41, 5.74) is 5.74. The van der Waals surface area contributed by atoms with E-state index in [4.69, 9.17) is 9.40 Å². The number of benzene rings is 2. The molecular formula is C31H30N9O2+. The van der Waals surface area contributed by atoms with Crippen molar-refractivity contribution in [3.63, 3.8) is 0 Å². The highest BCUT2D eigenvalue weighted by Gasteiger charge is 2.32. The number of aromatic amines is 1. The summed E-state index contributed by atoms with van der Waals surface area (Å²) in [6.07, 6.45) is 5.16. The van der Waals surface area contributed by atoms with Gasteiger partial charge in [-0.2, -0.15) is 9.90 Å². The maximum atomic E-state index is 13.6. The van der Waals surface area contributed by atoms with Gasteiger partial charge >= 0.3 is 0 Å². The number of carbonyl (C=O) groups is 1. The van der Waals surface area contributed by atoms with Crippen LogP contribution in [0.15, 0.2) is 83.5 Å². The van der Waals surface area contributed by atoms with Crippen molar-refractivity contribution in [2.75, 3.05) is 13.1 Å². The van der Waals surface area contributed by atoms with E-state index in [1.54, 1.807) is 17.1 Å². The molecule has 11 heteroatoms. The van der Waals surface area contributed by atoms with E-state index < -0.39 is 0 Å². The lowest BCUT2D eigenvalue weighted by Gasteiger charge is -2.35. The second-order valence-electron chi connectivity index (χ2n) is 10.7. The molecule has 2 aromatic carbocycles. The Morgan fingerprint density at radius 1 is 1.05 bits per heavy atom. The summed E-state index contributed by atoms with van der Waals surface area (Å²) in [5, 5.41) is 16.1. The van der Waals surface area contributed by atoms with Gasteiger partial charge in [-0.05, 0) is 66.8 Å². The summed E-state index contributed by atoms with van der Waals surface area (Å²) in [5.74, 6) is 1.27. The third-order valence-corrected chi connectivity index (χ3v) is 7.97. The summed E-state index contributed by atoms with van der Waals surface area (Å²) < 4.78 is 8.01. The number of piperidine rings is 1. The summed E-state index contributed by atoms with van der Waals surface area (Å²) in [7, 11) is 1.96. The number of amides is 1. The fraction of sp³-hybridized carbons (Fsp3) is 0.258. The molecule has 0 aliphatic carbocycles. The van der Waals surface area contributed by atoms with Crippen LogP contribution in [0.5, 0.6) is 0 Å². The molecule has 1 amide bonds. The molecule has 1 unspecified atom stereocenters. The number of hydrogen-bond acceptors (Lipinski definition) is 7. The number of nitrogens with zero attached hydrogens (tertiary/aromatic N) is 8. The SMILES string of the molecule is Cc1nnn(C(c2ccccc2)C2CCN(C(=O)c3cc(-c4nc5cc(-c6cc[nH][n+]6C)ccc5o4)ccn3)CC2)n1. The van der Waals surface area contributed by atoms with E-state index in [0.29, 0.717) is 41.6 Å². The number of rotatable bonds is 6. The number of fused-ring (bicyclic) bond motifs is 1. The van der Waals surface area contributed by atoms with E-state index in [-0.39, 0.29) is 17.9 Å². The summed E-state index contributed by atoms with van der Waals surface area (Å²) >= 11 is 0. The highest BCUT2D eigenvalue weighted by molar-refractivity contribution is 5.93. The number of H-pyrrole nitrogens is 1. The van der Waals surface area contributed by atoms with Crippen LogP contribution in [0.4, 0.5) is 0 Å². The minimum atomic E-state index is -0.0976. The third-order valence-electron chi connectivity index (χ3n) is 7.97. The fourth-order valence-corrected chi connectivity index (χ4v) is 5.83. The minimum absolute atomic E-state index is 0.0365. The standard InChI is InChI=1S/C31H29N9O2/c1-20-35-37-40(36-20)29(21-6-4-3-5-7-21)22-12-16-39(17-13-22)31(41)26-19-24(10-14-32-26)30-34-25-18-23(8-9-28(25)42-30)27-11-15-33-38(27)2/h3-11,14-15,18-19,22,29H,12-13,16-17H2,1-2H3/p+1. The second kappa shape index (κ2) is 10.7. The largest absolute Gasteiger partial charge is 0.436 e. The first-order valence-electron chi connectivity index (χ1n) is 14.0. The molecule has 1 saturated heterocycles. The number of carbonyl (C=O) groups excluding carboxylic acids is 1. The molecule has 11 nitrogen and oxygen atoms in total. The monoisotopic (exact) mass is 560 g/mol. The van der Waals surface area contributed by atoms with Gasteiger partial charge in [0.25, 0.3) is 5.91 Å². The molecule has 1 aliphatic heterocycles. The Balaban J connectivity index is 1.08. The lowest BCUT2D eigenvalue weighted by Crippen LogP contribution is -2.41. The molecule has 1 fully saturated rings. The van der Waals surface area contributed by atoms with Crippen LogP contribution >= 0.6 is 0 Å². The predicted octanol–water partition coefficient (Wildman–Crippen LogP) is 4.15. The molecule has 210 valence electrons. The molecule has 5 heterocycles. The lowest BCUT2D eigenvalue weighted by molar-refractivity contribution is -0.716. The van der Waals surface area contributed by atoms with Gasteiger partial charge in [0, 0.05) is 30.9 Å². The highest BCUT2D eigenvalue weighted by atomic mass is 16.3. The van der Waals surface area contributed by atoms with Crippen LogP contribution in [-0.2, 0) is 7.05 Å². The van der Waals surface area contributed by atoms with Crippen LogP contribution in [-0.4, -0.2) is 59.2 Å². The quantitative estimate of drug-likeness (QED) is 0.304. The fourth-order valence-electron chi connectivity index (χ4n) is 5.83. The smallest absolute Gasteiger partial charge is 0.272 e. The average molecular weight is 561 g/mol. The molecule has 42 heavy (non-hydrogen) atoms. The van der Waals surface area contributed by atoms with Gasteiger partial charge in [0.15, 0.2) is 18.5 Å². The Morgan fingerprint density at radius 2 is 1.88 bits per heavy atom. The Labute approximate surface area is 241 Å². The van der Waals surface area contributed by atoms with Crippen LogP contribution in [0.25, 0.3) is 33.8 Å². The first-order chi connectivity index (χ1) is 20.5. The summed E-state index contributed by atoms with van der Waals surface area (Å²) in [6, 6.07) is 21.8. The van der Waals surface area contributed by atoms with E-state index in [1.807, 2.05) is 78.3 Å². The van der Waals surface area contributed by atoms with Crippen molar-refractivity contribution in [1.29, 1.82) is 0 Å². The van der Waals surface area contributed by atoms with Crippen molar-refractivity contribution in [2.24, 2.45) is 13.0 Å². The second-order valence-corrected chi connectivity index (χ2v) is 10.7. The molecule has 6 aromatic rings. The van der Waals surface area contributed by atoms with Gasteiger partial charge < -0.3 is 9.32 Å². The Bertz CT molecular complexity index is 1870. The number of nitrogens with one attached hydrogen (secondary N) is 1. The maximum Gasteiger partial charge on any atom is 0.272 e. The van der Waals surface area contributed by atoms with Gasteiger partial charge in [0.05, 0.1) is 11.8 Å². The van der Waals surface area contributed by atoms with Crippen LogP contribution < -0.4 is 4.68 Å². The number of pyridine rings is 1. The number of likely N-dealkylation sites (tertiary alicyclic amines) is 1. The average Bonchev–Trinajstić information content (AvgIpc) is 3.77. The number of hydrogen-bond donors (Lipinski definition) is 1. The van der Waals surface area contributed by atoms with Gasteiger partial charge in [0.2, 0.25) is 11.6 Å². The summed E-state index contributed by atoms with van der Waals surface area (Å²) in [4.78, 5) is 26.3. The normalized spacial score (nSPS) is 14.9. The van der Waals surface area contributed by atoms with Crippen molar-refractivity contribution in [3.8, 4) is 22.7 Å². The zero-order valence-corrected chi connectivity index (χ0v) is 23.4. The minimum Gasteiger partial charge on any atom is -0.436 e. The van der Waals surface area contributed by atoms with Crippen molar-refractivity contribution < 1.29 is 13.9 Å². The third kappa shape index (κ3) is 4.83. The first-order valence-corrected chi connectivity index (χ1v) is 14.0. The van der Waals surface area contributed by atoms with Crippen molar-refractivity contribution in [2.45, 2.75) is 25.8 Å². The van der Waals surface area contributed by atoms with Crippen LogP contribution in [0.3, 0.4) is 0 Å². The molecule has 0 bridgehead atoms. The van der Waals surface area contributed by atoms with Gasteiger partial charge in [-0.25, -0.2) is 4.98 Å². The molecule has 1 aliphatic rings. The van der Waals surface area contributed by atoms with Crippen molar-refractivity contribution in [3.05, 3.63) is 96.2 Å². The molecule has 0 saturated carbocycles. The highest BCUT2D eigenvalue weighted by Crippen LogP contribution is 2.34. The Hall–Kier alpha value is -5.19. The van der Waals surface area contributed by atoms with Crippen LogP contribution in [0.1, 0.15) is 40.8 Å². The Morgan fingerprint density at radius 3 is 2.62 bits per heavy atom. The topological polar surface area (TPSA) is 122 Å². The van der Waals surface area contributed by atoms with E-state index in [2.05, 4.69) is 37.6 Å². The maximum absolute atomic E-state index is 13.6. The molecule has 7 rings (SSSR count). The van der Waals surface area contributed by atoms with E-state index in [9.17, 15) is 4.79 Å². The molecular weight excluding hydrogens is 530 g/mol. The van der Waals surface area contributed by atoms with Crippen molar-refractivity contribution >= 4 is 17.0 Å². The van der Waals surface area contributed by atoms with E-state index in [0.717, 1.165) is 35.2 Å². The van der Waals surface area contributed by atoms with Gasteiger partial charge in [-0.1, -0.05) is 30.3 Å². The predicted molar refractivity (Wildman–Crippen MR) is 154 cm³/mol. The molecule has 1 N–H and O–H groups in total. The zero-order valence-electron chi connectivity index (χ0n) is 23.4. The van der Waals surface area contributed by atoms with E-state index >= 15 is 0 Å². The van der Waals surface area contributed by atoms with Gasteiger partial charge in [0.1, 0.15) is 17.3 Å². The Kier molecular flexibility index (Phi) is 6.54. The number of aryl methyl sites for hydroxylation is 2. The number of aromatic nitrogens is 8. The number of tetrazole rings is 1. The summed E-state index contributed by atoms with van der Waals surface area (Å²) in [6.45, 7) is 3.08. The zero-order chi connectivity index (χ0) is 28.6. The number of oxazole rings is 1. The first kappa shape index (κ1) is 25.8. The van der Waals surface area contributed by atoms with Crippen LogP contribution in [0.2, 0.25) is 0 Å². The van der Waals surface area contributed by atoms with E-state index in [1.165, 1.54) is 0 Å².